The van der Waals surface area contributed by atoms with Crippen LogP contribution in [0.3, 0.4) is 0 Å². The number of carbonyl (C=O) groups excluding carboxylic acids is 2. The number of hydrogen-bond donors (Lipinski definition) is 4. The van der Waals surface area contributed by atoms with Gasteiger partial charge in [0.2, 0.25) is 0 Å². The van der Waals surface area contributed by atoms with E-state index in [0.29, 0.717) is 56.8 Å². The predicted molar refractivity (Wildman–Crippen MR) is 118 cm³/mol. The molecule has 11 heteroatoms. The average Bonchev–Trinajstić information content (AvgIpc) is 3.17. The van der Waals surface area contributed by atoms with Crippen LogP contribution in [0.1, 0.15) is 28.0 Å². The molecule has 1 unspecified atom stereocenters. The largest absolute Gasteiger partial charge is 0.375 e. The summed E-state index contributed by atoms with van der Waals surface area (Å²) in [5.74, 6) is -0.743. The van der Waals surface area contributed by atoms with Gasteiger partial charge in [-0.2, -0.15) is 0 Å². The standard InChI is InChI=1S/C21H21Cl2N5O4/c1-25-20(30)21(31)7-12-9-32-27-17(12)18(26-10-21)13-8-28(5-4-16(13)24)19(29)11-2-3-14(22)15(23)6-11/h2-3,6,9,24,26,31H,4-5,7-8,10H2,1H3,(H,25,30)/p+1/b18-13-,24-16?. The molecule has 2 aliphatic heterocycles. The first-order valence-electron chi connectivity index (χ1n) is 10.00. The van der Waals surface area contributed by atoms with E-state index in [1.54, 1.807) is 22.3 Å². The van der Waals surface area contributed by atoms with Gasteiger partial charge in [0, 0.05) is 43.3 Å². The Labute approximate surface area is 193 Å². The molecule has 0 spiro atoms. The van der Waals surface area contributed by atoms with Crippen molar-refractivity contribution in [1.82, 2.24) is 15.4 Å². The van der Waals surface area contributed by atoms with Crippen LogP contribution in [0.4, 0.5) is 0 Å². The molecule has 1 aromatic carbocycles. The van der Waals surface area contributed by atoms with Gasteiger partial charge in [-0.1, -0.05) is 28.4 Å². The van der Waals surface area contributed by atoms with Crippen LogP contribution in [0.2, 0.25) is 10.0 Å². The molecule has 1 fully saturated rings. The van der Waals surface area contributed by atoms with Crippen molar-refractivity contribution in [3.05, 3.63) is 56.9 Å². The van der Waals surface area contributed by atoms with Crippen molar-refractivity contribution in [3.8, 4) is 0 Å². The van der Waals surface area contributed by atoms with Gasteiger partial charge in [0.1, 0.15) is 12.8 Å². The topological polar surface area (TPSA) is 136 Å². The Bertz CT molecular complexity index is 1140. The molecule has 2 aliphatic rings. The maximum absolute atomic E-state index is 13.1. The molecule has 9 nitrogen and oxygen atoms in total. The lowest BCUT2D eigenvalue weighted by Gasteiger charge is -2.30. The second-order valence-corrected chi connectivity index (χ2v) is 8.67. The zero-order valence-corrected chi connectivity index (χ0v) is 18.8. The molecule has 2 amide bonds. The number of carbonyl (C=O) groups is 2. The molecule has 0 radical (unpaired) electrons. The van der Waals surface area contributed by atoms with Gasteiger partial charge < -0.3 is 30.6 Å². The average molecular weight is 479 g/mol. The van der Waals surface area contributed by atoms with Crippen LogP contribution in [0, 0.1) is 5.41 Å². The lowest BCUT2D eigenvalue weighted by Crippen LogP contribution is -2.86. The minimum Gasteiger partial charge on any atom is -0.375 e. The van der Waals surface area contributed by atoms with Gasteiger partial charge in [0.25, 0.3) is 11.8 Å². The van der Waals surface area contributed by atoms with Gasteiger partial charge >= 0.3 is 0 Å². The summed E-state index contributed by atoms with van der Waals surface area (Å²) >= 11 is 12.0. The van der Waals surface area contributed by atoms with E-state index in [0.717, 1.165) is 0 Å². The fourth-order valence-corrected chi connectivity index (χ4v) is 4.33. The fourth-order valence-electron chi connectivity index (χ4n) is 4.03. The van der Waals surface area contributed by atoms with Crippen LogP contribution in [-0.4, -0.2) is 65.0 Å². The number of nitrogens with two attached hydrogens (primary N) is 1. The first-order valence-corrected chi connectivity index (χ1v) is 10.8. The van der Waals surface area contributed by atoms with E-state index >= 15 is 0 Å². The summed E-state index contributed by atoms with van der Waals surface area (Å²) in [6.07, 6.45) is 1.78. The molecule has 1 saturated heterocycles. The number of benzene rings is 1. The highest BCUT2D eigenvalue weighted by molar-refractivity contribution is 6.42. The highest BCUT2D eigenvalue weighted by atomic mass is 35.5. The van der Waals surface area contributed by atoms with Crippen molar-refractivity contribution in [2.45, 2.75) is 18.4 Å². The summed E-state index contributed by atoms with van der Waals surface area (Å²) in [7, 11) is 1.46. The van der Waals surface area contributed by atoms with Gasteiger partial charge in [-0.25, -0.2) is 0 Å². The second-order valence-electron chi connectivity index (χ2n) is 7.86. The molecule has 0 saturated carbocycles. The number of aromatic nitrogens is 1. The molecular formula is C21H22Cl2N5O4+. The van der Waals surface area contributed by atoms with Crippen LogP contribution in [0.5, 0.6) is 0 Å². The number of fused-ring (bicyclic) bond motifs is 1. The normalized spacial score (nSPS) is 23.5. The third-order valence-corrected chi connectivity index (χ3v) is 6.54. The monoisotopic (exact) mass is 478 g/mol. The second kappa shape index (κ2) is 8.67. The molecule has 5 N–H and O–H groups in total. The van der Waals surface area contributed by atoms with E-state index in [1.165, 1.54) is 19.4 Å². The Hall–Kier alpha value is -2.72. The van der Waals surface area contributed by atoms with Crippen molar-refractivity contribution in [2.24, 2.45) is 0 Å². The SMILES string of the molecule is CNC(=O)C1(O)C[NH2+]/C(=C2/CN(C(=O)c3ccc(Cl)c(Cl)c3)CCC2=N)c2nocc2C1. The molecule has 1 aromatic heterocycles. The van der Waals surface area contributed by atoms with Gasteiger partial charge in [0.15, 0.2) is 17.0 Å². The summed E-state index contributed by atoms with van der Waals surface area (Å²) in [5, 5.41) is 28.3. The zero-order chi connectivity index (χ0) is 23.0. The highest BCUT2D eigenvalue weighted by Gasteiger charge is 2.44. The van der Waals surface area contributed by atoms with Crippen LogP contribution in [0.25, 0.3) is 5.70 Å². The Balaban J connectivity index is 1.69. The molecule has 4 rings (SSSR count). The number of hydrogen-bond acceptors (Lipinski definition) is 6. The van der Waals surface area contributed by atoms with Crippen LogP contribution in [-0.2, 0) is 11.2 Å². The zero-order valence-electron chi connectivity index (χ0n) is 17.2. The van der Waals surface area contributed by atoms with Crippen LogP contribution >= 0.6 is 23.2 Å². The van der Waals surface area contributed by atoms with E-state index in [1.807, 2.05) is 0 Å². The maximum Gasteiger partial charge on any atom is 0.258 e. The quantitative estimate of drug-likeness (QED) is 0.507. The Kier molecular flexibility index (Phi) is 6.09. The smallest absolute Gasteiger partial charge is 0.258 e. The minimum atomic E-state index is -1.66. The van der Waals surface area contributed by atoms with E-state index < -0.39 is 11.5 Å². The molecule has 32 heavy (non-hydrogen) atoms. The number of quaternary nitrogens is 1. The summed E-state index contributed by atoms with van der Waals surface area (Å²) in [4.78, 5) is 27.0. The van der Waals surface area contributed by atoms with Crippen molar-refractivity contribution < 1.29 is 24.5 Å². The third kappa shape index (κ3) is 4.04. The molecule has 0 aliphatic carbocycles. The Morgan fingerprint density at radius 3 is 2.84 bits per heavy atom. The van der Waals surface area contributed by atoms with E-state index in [4.69, 9.17) is 33.1 Å². The van der Waals surface area contributed by atoms with Crippen molar-refractivity contribution >= 4 is 46.4 Å². The van der Waals surface area contributed by atoms with E-state index in [9.17, 15) is 14.7 Å². The van der Waals surface area contributed by atoms with Crippen LogP contribution < -0.4 is 10.6 Å². The number of nitrogens with one attached hydrogen (secondary N) is 2. The lowest BCUT2D eigenvalue weighted by atomic mass is 9.94. The highest BCUT2D eigenvalue weighted by Crippen LogP contribution is 2.28. The summed E-state index contributed by atoms with van der Waals surface area (Å²) < 4.78 is 5.13. The molecule has 0 bridgehead atoms. The third-order valence-electron chi connectivity index (χ3n) is 5.80. The molecule has 168 valence electrons. The van der Waals surface area contributed by atoms with Crippen molar-refractivity contribution in [2.75, 3.05) is 26.7 Å². The first-order chi connectivity index (χ1) is 15.2. The van der Waals surface area contributed by atoms with Crippen molar-refractivity contribution in [1.29, 1.82) is 5.41 Å². The number of halogens is 2. The molecule has 3 heterocycles. The molecule has 1 atom stereocenters. The van der Waals surface area contributed by atoms with Crippen LogP contribution in [0.15, 0.2) is 34.6 Å². The minimum absolute atomic E-state index is 0.0258. The summed E-state index contributed by atoms with van der Waals surface area (Å²) in [6.45, 7) is 0.590. The van der Waals surface area contributed by atoms with Gasteiger partial charge in [-0.15, -0.1) is 0 Å². The maximum atomic E-state index is 13.1. The Morgan fingerprint density at radius 1 is 1.34 bits per heavy atom. The van der Waals surface area contributed by atoms with E-state index in [2.05, 4.69) is 10.5 Å². The van der Waals surface area contributed by atoms with Crippen molar-refractivity contribution in [3.63, 3.8) is 0 Å². The number of likely N-dealkylation sites (N-methyl/N-ethyl adjacent to an activating group) is 1. The number of nitrogens with zero attached hydrogens (tertiary/aromatic N) is 2. The predicted octanol–water partition coefficient (Wildman–Crippen LogP) is 0.855. The van der Waals surface area contributed by atoms with E-state index in [-0.39, 0.29) is 25.4 Å². The number of amides is 2. The number of likely N-dealkylation sites (tertiary alicyclic amines) is 1. The molecule has 2 aromatic rings. The summed E-state index contributed by atoms with van der Waals surface area (Å²) in [5.41, 5.74) is 1.32. The Morgan fingerprint density at radius 2 is 2.12 bits per heavy atom. The number of aliphatic hydroxyl groups is 1. The number of piperidine rings is 1. The van der Waals surface area contributed by atoms with Gasteiger partial charge in [0.05, 0.1) is 22.2 Å². The summed E-state index contributed by atoms with van der Waals surface area (Å²) in [6, 6.07) is 4.71. The van der Waals surface area contributed by atoms with Gasteiger partial charge in [-0.05, 0) is 18.2 Å². The fraction of sp³-hybridized carbons (Fsp3) is 0.333. The number of rotatable bonds is 2. The van der Waals surface area contributed by atoms with Gasteiger partial charge in [-0.3, -0.25) is 9.59 Å². The molecular weight excluding hydrogens is 457 g/mol. The lowest BCUT2D eigenvalue weighted by molar-refractivity contribution is -0.576. The first kappa shape index (κ1) is 22.5.